The van der Waals surface area contributed by atoms with Gasteiger partial charge in [-0.25, -0.2) is 14.3 Å². The van der Waals surface area contributed by atoms with Gasteiger partial charge in [-0.05, 0) is 13.3 Å². The third kappa shape index (κ3) is 2.78. The molecule has 7 heteroatoms. The molecule has 0 amide bonds. The maximum atomic E-state index is 11.4. The molecule has 0 saturated heterocycles. The first-order chi connectivity index (χ1) is 7.56. The van der Waals surface area contributed by atoms with Crippen LogP contribution in [0.3, 0.4) is 0 Å². The lowest BCUT2D eigenvalue weighted by Crippen LogP contribution is -2.20. The van der Waals surface area contributed by atoms with E-state index in [0.29, 0.717) is 6.61 Å². The van der Waals surface area contributed by atoms with Gasteiger partial charge in [-0.2, -0.15) is 0 Å². The zero-order valence-electron chi connectivity index (χ0n) is 9.08. The van der Waals surface area contributed by atoms with Crippen LogP contribution in [0.15, 0.2) is 6.20 Å². The Labute approximate surface area is 92.0 Å². The SMILES string of the molecule is CCCOC(=O)C(C)n1cc(C(=O)O)nn1. The topological polar surface area (TPSA) is 94.3 Å². The number of carboxylic acids is 1. The molecule has 0 radical (unpaired) electrons. The maximum absolute atomic E-state index is 11.4. The summed E-state index contributed by atoms with van der Waals surface area (Å²) in [5.74, 6) is -1.64. The second-order valence-corrected chi connectivity index (χ2v) is 3.23. The molecule has 1 atom stereocenters. The number of ether oxygens (including phenoxy) is 1. The van der Waals surface area contributed by atoms with Crippen molar-refractivity contribution in [3.63, 3.8) is 0 Å². The number of aromatic nitrogens is 3. The molecule has 7 nitrogen and oxygen atoms in total. The molecule has 0 fully saturated rings. The molecule has 1 unspecified atom stereocenters. The van der Waals surface area contributed by atoms with Crippen molar-refractivity contribution in [2.45, 2.75) is 26.3 Å². The third-order valence-corrected chi connectivity index (χ3v) is 1.92. The summed E-state index contributed by atoms with van der Waals surface area (Å²) in [6.07, 6.45) is 1.93. The lowest BCUT2D eigenvalue weighted by atomic mass is 10.3. The first-order valence-corrected chi connectivity index (χ1v) is 4.88. The molecule has 0 spiro atoms. The number of nitrogens with zero attached hydrogens (tertiary/aromatic N) is 3. The van der Waals surface area contributed by atoms with Gasteiger partial charge in [0.25, 0.3) is 0 Å². The summed E-state index contributed by atoms with van der Waals surface area (Å²) < 4.78 is 6.07. The van der Waals surface area contributed by atoms with E-state index in [2.05, 4.69) is 10.3 Å². The molecule has 0 aromatic carbocycles. The van der Waals surface area contributed by atoms with E-state index in [0.717, 1.165) is 6.42 Å². The predicted molar refractivity (Wildman–Crippen MR) is 52.9 cm³/mol. The number of hydrogen-bond donors (Lipinski definition) is 1. The summed E-state index contributed by atoms with van der Waals surface area (Å²) in [5, 5.41) is 15.6. The summed E-state index contributed by atoms with van der Waals surface area (Å²) in [5.41, 5.74) is -0.199. The summed E-state index contributed by atoms with van der Waals surface area (Å²) in [6, 6.07) is -0.674. The average molecular weight is 227 g/mol. The van der Waals surface area contributed by atoms with Crippen molar-refractivity contribution in [2.75, 3.05) is 6.61 Å². The van der Waals surface area contributed by atoms with E-state index in [1.54, 1.807) is 6.92 Å². The van der Waals surface area contributed by atoms with Crippen molar-refractivity contribution in [2.24, 2.45) is 0 Å². The minimum Gasteiger partial charge on any atom is -0.476 e. The highest BCUT2D eigenvalue weighted by molar-refractivity contribution is 5.84. The fraction of sp³-hybridized carbons (Fsp3) is 0.556. The fourth-order valence-corrected chi connectivity index (χ4v) is 0.995. The molecule has 1 aromatic heterocycles. The Kier molecular flexibility index (Phi) is 3.98. The first-order valence-electron chi connectivity index (χ1n) is 4.88. The Bertz CT molecular complexity index is 388. The van der Waals surface area contributed by atoms with Gasteiger partial charge in [-0.3, -0.25) is 0 Å². The van der Waals surface area contributed by atoms with Crippen molar-refractivity contribution < 1.29 is 19.4 Å². The normalized spacial score (nSPS) is 12.1. The second kappa shape index (κ2) is 5.24. The van der Waals surface area contributed by atoms with Crippen molar-refractivity contribution in [1.29, 1.82) is 0 Å². The summed E-state index contributed by atoms with van der Waals surface area (Å²) in [4.78, 5) is 22.0. The van der Waals surface area contributed by atoms with Crippen LogP contribution in [-0.2, 0) is 9.53 Å². The van der Waals surface area contributed by atoms with E-state index in [4.69, 9.17) is 9.84 Å². The second-order valence-electron chi connectivity index (χ2n) is 3.23. The number of carboxylic acid groups (broad SMARTS) is 1. The van der Waals surface area contributed by atoms with E-state index in [1.807, 2.05) is 6.92 Å². The zero-order chi connectivity index (χ0) is 12.1. The molecule has 0 aliphatic carbocycles. The van der Waals surface area contributed by atoms with Crippen LogP contribution in [0.2, 0.25) is 0 Å². The van der Waals surface area contributed by atoms with E-state index >= 15 is 0 Å². The van der Waals surface area contributed by atoms with Gasteiger partial charge >= 0.3 is 11.9 Å². The Morgan fingerprint density at radius 1 is 1.62 bits per heavy atom. The molecule has 0 bridgehead atoms. The molecule has 88 valence electrons. The molecule has 0 saturated carbocycles. The monoisotopic (exact) mass is 227 g/mol. The predicted octanol–water partition coefficient (Wildman–Crippen LogP) is 0.490. The molecular weight excluding hydrogens is 214 g/mol. The van der Waals surface area contributed by atoms with Crippen LogP contribution in [0.25, 0.3) is 0 Å². The van der Waals surface area contributed by atoms with Gasteiger partial charge in [-0.1, -0.05) is 12.1 Å². The van der Waals surface area contributed by atoms with Gasteiger partial charge in [-0.15, -0.1) is 5.10 Å². The van der Waals surface area contributed by atoms with Crippen molar-refractivity contribution in [1.82, 2.24) is 15.0 Å². The summed E-state index contributed by atoms with van der Waals surface area (Å²) >= 11 is 0. The highest BCUT2D eigenvalue weighted by Gasteiger charge is 2.19. The van der Waals surface area contributed by atoms with Crippen LogP contribution in [0.1, 0.15) is 36.8 Å². The first kappa shape index (κ1) is 12.2. The highest BCUT2D eigenvalue weighted by atomic mass is 16.5. The van der Waals surface area contributed by atoms with Gasteiger partial charge < -0.3 is 9.84 Å². The van der Waals surface area contributed by atoms with Crippen LogP contribution in [-0.4, -0.2) is 38.6 Å². The van der Waals surface area contributed by atoms with E-state index in [9.17, 15) is 9.59 Å². The van der Waals surface area contributed by atoms with E-state index < -0.39 is 18.0 Å². The molecule has 1 rings (SSSR count). The number of hydrogen-bond acceptors (Lipinski definition) is 5. The highest BCUT2D eigenvalue weighted by Crippen LogP contribution is 2.07. The Balaban J connectivity index is 2.68. The quantitative estimate of drug-likeness (QED) is 0.735. The standard InChI is InChI=1S/C9H13N3O4/c1-3-4-16-9(15)6(2)12-5-7(8(13)14)10-11-12/h5-6H,3-4H2,1-2H3,(H,13,14). The molecule has 0 aliphatic rings. The third-order valence-electron chi connectivity index (χ3n) is 1.92. The maximum Gasteiger partial charge on any atom is 0.358 e. The van der Waals surface area contributed by atoms with Gasteiger partial charge in [0.1, 0.15) is 6.04 Å². The number of carbonyl (C=O) groups is 2. The molecule has 1 aromatic rings. The van der Waals surface area contributed by atoms with Gasteiger partial charge in [0.15, 0.2) is 5.69 Å². The zero-order valence-corrected chi connectivity index (χ0v) is 9.08. The number of rotatable bonds is 5. The molecule has 1 heterocycles. The molecule has 0 aliphatic heterocycles. The fourth-order valence-electron chi connectivity index (χ4n) is 0.995. The van der Waals surface area contributed by atoms with Crippen LogP contribution in [0.4, 0.5) is 0 Å². The van der Waals surface area contributed by atoms with Crippen molar-refractivity contribution >= 4 is 11.9 Å². The smallest absolute Gasteiger partial charge is 0.358 e. The Morgan fingerprint density at radius 2 is 2.31 bits per heavy atom. The van der Waals surface area contributed by atoms with Crippen LogP contribution < -0.4 is 0 Å². The molecule has 16 heavy (non-hydrogen) atoms. The summed E-state index contributed by atoms with van der Waals surface area (Å²) in [7, 11) is 0. The van der Waals surface area contributed by atoms with Crippen LogP contribution in [0.5, 0.6) is 0 Å². The summed E-state index contributed by atoms with van der Waals surface area (Å²) in [6.45, 7) is 3.79. The molecular formula is C9H13N3O4. The minimum absolute atomic E-state index is 0.199. The largest absolute Gasteiger partial charge is 0.476 e. The van der Waals surface area contributed by atoms with Crippen molar-refractivity contribution in [3.05, 3.63) is 11.9 Å². The van der Waals surface area contributed by atoms with Gasteiger partial charge in [0, 0.05) is 0 Å². The van der Waals surface area contributed by atoms with Crippen LogP contribution in [0, 0.1) is 0 Å². The van der Waals surface area contributed by atoms with Crippen molar-refractivity contribution in [3.8, 4) is 0 Å². The van der Waals surface area contributed by atoms with Crippen LogP contribution >= 0.6 is 0 Å². The van der Waals surface area contributed by atoms with E-state index in [-0.39, 0.29) is 5.69 Å². The lowest BCUT2D eigenvalue weighted by Gasteiger charge is -2.09. The van der Waals surface area contributed by atoms with E-state index in [1.165, 1.54) is 10.9 Å². The average Bonchev–Trinajstić information content (AvgIpc) is 2.74. The molecule has 1 N–H and O–H groups in total. The van der Waals surface area contributed by atoms with Gasteiger partial charge in [0.05, 0.1) is 12.8 Å². The van der Waals surface area contributed by atoms with Gasteiger partial charge in [0.2, 0.25) is 0 Å². The Morgan fingerprint density at radius 3 is 2.81 bits per heavy atom. The minimum atomic E-state index is -1.18. The number of aromatic carboxylic acids is 1. The Hall–Kier alpha value is -1.92. The lowest BCUT2D eigenvalue weighted by molar-refractivity contribution is -0.147. The number of carbonyl (C=O) groups excluding carboxylic acids is 1. The number of esters is 1.